The standard InChI is InChI=1S/C34H50FNO3/c1-9-13-26(15-12-14-25(7)34(38-8)36-32(11-3)23(4)5)30-20-27(30)18-19-39-29-17-16-28(31(35)22-29)21-33(37)24(6)10-2/h10-11,14,16-17,22-23,26-27,30H,9,12-13,15,18-21H2,1-8H3. The van der Waals surface area contributed by atoms with Gasteiger partial charge in [-0.3, -0.25) is 4.79 Å². The van der Waals surface area contributed by atoms with Crippen molar-refractivity contribution < 1.29 is 18.7 Å². The van der Waals surface area contributed by atoms with Crippen LogP contribution in [0.2, 0.25) is 0 Å². The number of ether oxygens (including phenoxy) is 2. The predicted octanol–water partition coefficient (Wildman–Crippen LogP) is 9.06. The summed E-state index contributed by atoms with van der Waals surface area (Å²) in [6.07, 6.45) is 13.0. The highest BCUT2D eigenvalue weighted by atomic mass is 19.1. The van der Waals surface area contributed by atoms with Gasteiger partial charge in [0, 0.05) is 23.8 Å². The van der Waals surface area contributed by atoms with Gasteiger partial charge in [0.1, 0.15) is 11.6 Å². The summed E-state index contributed by atoms with van der Waals surface area (Å²) in [7, 11) is 1.69. The van der Waals surface area contributed by atoms with Gasteiger partial charge in [-0.25, -0.2) is 9.38 Å². The summed E-state index contributed by atoms with van der Waals surface area (Å²) in [4.78, 5) is 16.8. The minimum atomic E-state index is -0.381. The number of rotatable bonds is 16. The van der Waals surface area contributed by atoms with Crippen LogP contribution in [0.3, 0.4) is 0 Å². The van der Waals surface area contributed by atoms with Crippen molar-refractivity contribution in [2.45, 2.75) is 93.4 Å². The second kappa shape index (κ2) is 16.4. The lowest BCUT2D eigenvalue weighted by molar-refractivity contribution is -0.115. The first-order valence-electron chi connectivity index (χ1n) is 14.7. The van der Waals surface area contributed by atoms with Crippen LogP contribution in [0, 0.1) is 29.5 Å². The van der Waals surface area contributed by atoms with E-state index in [1.54, 1.807) is 32.2 Å². The first-order valence-corrected chi connectivity index (χ1v) is 14.7. The molecule has 1 aromatic carbocycles. The number of carbonyl (C=O) groups is 1. The van der Waals surface area contributed by atoms with Crippen LogP contribution in [0.4, 0.5) is 4.39 Å². The molecule has 1 aromatic rings. The van der Waals surface area contributed by atoms with Gasteiger partial charge in [-0.1, -0.05) is 57.9 Å². The number of nitrogens with zero attached hydrogens (tertiary/aromatic N) is 1. The summed E-state index contributed by atoms with van der Waals surface area (Å²) in [5.74, 6) is 3.29. The summed E-state index contributed by atoms with van der Waals surface area (Å²) < 4.78 is 26.0. The molecule has 0 aliphatic heterocycles. The van der Waals surface area contributed by atoms with Crippen molar-refractivity contribution in [3.8, 4) is 5.75 Å². The number of carbonyl (C=O) groups excluding carboxylic acids is 1. The molecule has 39 heavy (non-hydrogen) atoms. The van der Waals surface area contributed by atoms with E-state index in [4.69, 9.17) is 14.5 Å². The lowest BCUT2D eigenvalue weighted by atomic mass is 9.91. The normalized spacial score (nSPS) is 19.3. The monoisotopic (exact) mass is 539 g/mol. The Morgan fingerprint density at radius 1 is 1.15 bits per heavy atom. The van der Waals surface area contributed by atoms with Crippen molar-refractivity contribution in [3.63, 3.8) is 0 Å². The molecule has 5 heteroatoms. The van der Waals surface area contributed by atoms with Crippen molar-refractivity contribution >= 4 is 11.7 Å². The molecule has 4 nitrogen and oxygen atoms in total. The molecule has 1 fully saturated rings. The van der Waals surface area contributed by atoms with Crippen LogP contribution in [0.1, 0.15) is 92.6 Å². The van der Waals surface area contributed by atoms with Gasteiger partial charge in [-0.05, 0) is 94.3 Å². The maximum atomic E-state index is 14.5. The molecule has 0 N–H and O–H groups in total. The van der Waals surface area contributed by atoms with E-state index in [1.807, 2.05) is 19.9 Å². The van der Waals surface area contributed by atoms with Gasteiger partial charge in [0.15, 0.2) is 5.78 Å². The Bertz CT molecular complexity index is 1070. The van der Waals surface area contributed by atoms with Crippen LogP contribution in [-0.2, 0) is 16.0 Å². The van der Waals surface area contributed by atoms with E-state index < -0.39 is 0 Å². The fourth-order valence-electron chi connectivity index (χ4n) is 5.23. The first kappa shape index (κ1) is 32.5. The van der Waals surface area contributed by atoms with Gasteiger partial charge >= 0.3 is 0 Å². The van der Waals surface area contributed by atoms with Crippen LogP contribution < -0.4 is 4.74 Å². The number of benzene rings is 1. The second-order valence-corrected chi connectivity index (χ2v) is 11.1. The highest BCUT2D eigenvalue weighted by molar-refractivity contribution is 5.96. The largest absolute Gasteiger partial charge is 0.493 e. The van der Waals surface area contributed by atoms with E-state index in [-0.39, 0.29) is 18.0 Å². The van der Waals surface area contributed by atoms with Crippen LogP contribution in [0.25, 0.3) is 0 Å². The van der Waals surface area contributed by atoms with Crippen molar-refractivity contribution in [2.75, 3.05) is 13.7 Å². The third-order valence-electron chi connectivity index (χ3n) is 7.88. The van der Waals surface area contributed by atoms with E-state index in [9.17, 15) is 9.18 Å². The van der Waals surface area contributed by atoms with Crippen LogP contribution in [-0.4, -0.2) is 25.4 Å². The lowest BCUT2D eigenvalue weighted by Gasteiger charge is -2.16. The minimum Gasteiger partial charge on any atom is -0.493 e. The zero-order chi connectivity index (χ0) is 28.9. The molecule has 3 unspecified atom stereocenters. The number of hydrogen-bond donors (Lipinski definition) is 0. The van der Waals surface area contributed by atoms with E-state index in [0.29, 0.717) is 47.1 Å². The topological polar surface area (TPSA) is 47.9 Å². The molecule has 0 amide bonds. The van der Waals surface area contributed by atoms with Gasteiger partial charge in [-0.2, -0.15) is 0 Å². The van der Waals surface area contributed by atoms with Crippen LogP contribution >= 0.6 is 0 Å². The van der Waals surface area contributed by atoms with E-state index >= 15 is 0 Å². The molecule has 1 aliphatic rings. The zero-order valence-corrected chi connectivity index (χ0v) is 25.5. The zero-order valence-electron chi connectivity index (χ0n) is 25.5. The molecule has 2 rings (SSSR count). The summed E-state index contributed by atoms with van der Waals surface area (Å²) >= 11 is 0. The molecule has 0 spiro atoms. The molecule has 0 radical (unpaired) electrons. The molecule has 0 saturated heterocycles. The highest BCUT2D eigenvalue weighted by Crippen LogP contribution is 2.49. The molecule has 3 atom stereocenters. The average Bonchev–Trinajstić information content (AvgIpc) is 3.68. The Balaban J connectivity index is 1.85. The first-order chi connectivity index (χ1) is 18.6. The smallest absolute Gasteiger partial charge is 0.215 e. The summed E-state index contributed by atoms with van der Waals surface area (Å²) in [5, 5.41) is 0. The van der Waals surface area contributed by atoms with E-state index in [1.165, 1.54) is 31.7 Å². The van der Waals surface area contributed by atoms with Crippen LogP contribution in [0.15, 0.2) is 58.3 Å². The molecule has 1 saturated carbocycles. The van der Waals surface area contributed by atoms with E-state index in [0.717, 1.165) is 30.0 Å². The number of Topliss-reactive ketones (excluding diaryl/α,β-unsaturated/α-hetero) is 1. The van der Waals surface area contributed by atoms with Crippen molar-refractivity contribution in [3.05, 3.63) is 64.7 Å². The number of halogens is 1. The number of ketones is 1. The maximum absolute atomic E-state index is 14.5. The van der Waals surface area contributed by atoms with Crippen molar-refractivity contribution in [1.29, 1.82) is 0 Å². The average molecular weight is 540 g/mol. The van der Waals surface area contributed by atoms with Crippen molar-refractivity contribution in [2.24, 2.45) is 28.7 Å². The molecule has 0 heterocycles. The Kier molecular flexibility index (Phi) is 13.7. The molecular weight excluding hydrogens is 489 g/mol. The number of allylic oxidation sites excluding steroid dienone is 5. The quantitative estimate of drug-likeness (QED) is 0.120. The van der Waals surface area contributed by atoms with Gasteiger partial charge in [0.25, 0.3) is 0 Å². The molecule has 216 valence electrons. The Morgan fingerprint density at radius 2 is 1.90 bits per heavy atom. The van der Waals surface area contributed by atoms with E-state index in [2.05, 4.69) is 33.8 Å². The molecule has 0 bridgehead atoms. The highest BCUT2D eigenvalue weighted by Gasteiger charge is 2.41. The lowest BCUT2D eigenvalue weighted by Crippen LogP contribution is -2.08. The third kappa shape index (κ3) is 10.4. The Labute approximate surface area is 236 Å². The van der Waals surface area contributed by atoms with Gasteiger partial charge in [0.05, 0.1) is 13.7 Å². The van der Waals surface area contributed by atoms with Crippen LogP contribution in [0.5, 0.6) is 5.75 Å². The van der Waals surface area contributed by atoms with Gasteiger partial charge < -0.3 is 9.47 Å². The van der Waals surface area contributed by atoms with Gasteiger partial charge in [0.2, 0.25) is 5.90 Å². The maximum Gasteiger partial charge on any atom is 0.215 e. The summed E-state index contributed by atoms with van der Waals surface area (Å²) in [6, 6.07) is 4.85. The molecule has 0 aromatic heterocycles. The number of hydrogen-bond acceptors (Lipinski definition) is 4. The van der Waals surface area contributed by atoms with Crippen molar-refractivity contribution in [1.82, 2.24) is 0 Å². The Hall–Kier alpha value is -2.69. The van der Waals surface area contributed by atoms with Gasteiger partial charge in [-0.15, -0.1) is 0 Å². The SMILES string of the molecule is CC=C(C)C(=O)Cc1ccc(OCCC2CC2C(CCC)CCC=C(C)C(=NC(=CC)C(C)C)OC)cc1F. The third-order valence-corrected chi connectivity index (χ3v) is 7.88. The minimum absolute atomic E-state index is 0.0571. The number of methoxy groups -OCH3 is 1. The predicted molar refractivity (Wildman–Crippen MR) is 161 cm³/mol. The molecule has 1 aliphatic carbocycles. The number of aliphatic imine (C=N–C) groups is 1. The summed E-state index contributed by atoms with van der Waals surface area (Å²) in [6.45, 7) is 14.8. The fraction of sp³-hybridized carbons (Fsp3) is 0.588. The summed E-state index contributed by atoms with van der Waals surface area (Å²) in [5.41, 5.74) is 3.20. The fourth-order valence-corrected chi connectivity index (χ4v) is 5.23. The second-order valence-electron chi connectivity index (χ2n) is 11.1. The molecular formula is C34H50FNO3. The Morgan fingerprint density at radius 3 is 2.49 bits per heavy atom.